The summed E-state index contributed by atoms with van der Waals surface area (Å²) in [5.74, 6) is 1.94. The zero-order chi connectivity index (χ0) is 35.1. The first-order valence-corrected chi connectivity index (χ1v) is 17.8. The number of hydrogen-bond donors (Lipinski definition) is 0. The highest BCUT2D eigenvalue weighted by molar-refractivity contribution is 6.22. The molecule has 0 atom stereocenters. The molecule has 0 N–H and O–H groups in total. The van der Waals surface area contributed by atoms with Gasteiger partial charge in [-0.15, -0.1) is 0 Å². The molecule has 10 aromatic rings. The van der Waals surface area contributed by atoms with Crippen LogP contribution in [-0.4, -0.2) is 15.0 Å². The van der Waals surface area contributed by atoms with Gasteiger partial charge in [-0.25, -0.2) is 15.0 Å². The van der Waals surface area contributed by atoms with Gasteiger partial charge in [0.05, 0.1) is 0 Å². The van der Waals surface area contributed by atoms with Crippen molar-refractivity contribution in [3.63, 3.8) is 0 Å². The third-order valence-electron chi connectivity index (χ3n) is 9.94. The molecule has 0 amide bonds. The second kappa shape index (κ2) is 12.9. The van der Waals surface area contributed by atoms with E-state index in [1.807, 2.05) is 60.7 Å². The van der Waals surface area contributed by atoms with Crippen LogP contribution in [0.3, 0.4) is 0 Å². The molecule has 10 rings (SSSR count). The van der Waals surface area contributed by atoms with Gasteiger partial charge in [0.2, 0.25) is 0 Å². The van der Waals surface area contributed by atoms with Gasteiger partial charge in [-0.3, -0.25) is 0 Å². The highest BCUT2D eigenvalue weighted by Gasteiger charge is 2.18. The molecule has 0 spiro atoms. The lowest BCUT2D eigenvalue weighted by Gasteiger charge is -2.11. The van der Waals surface area contributed by atoms with Gasteiger partial charge in [-0.1, -0.05) is 170 Å². The smallest absolute Gasteiger partial charge is 0.164 e. The summed E-state index contributed by atoms with van der Waals surface area (Å²) in [6.45, 7) is 0. The molecule has 2 heterocycles. The average Bonchev–Trinajstić information content (AvgIpc) is 3.63. The van der Waals surface area contributed by atoms with Gasteiger partial charge in [0.1, 0.15) is 11.2 Å². The number of benzene rings is 8. The van der Waals surface area contributed by atoms with Gasteiger partial charge < -0.3 is 4.42 Å². The summed E-state index contributed by atoms with van der Waals surface area (Å²) in [6, 6.07) is 65.2. The number of rotatable bonds is 6. The minimum Gasteiger partial charge on any atom is -0.455 e. The highest BCUT2D eigenvalue weighted by atomic mass is 16.3. The molecule has 0 saturated heterocycles. The van der Waals surface area contributed by atoms with Gasteiger partial charge in [0.25, 0.3) is 0 Å². The first-order chi connectivity index (χ1) is 26.3. The standard InChI is InChI=1S/C49H31N3O/c1-4-14-33(15-5-1)39-24-13-25-44-45(39)43-31-42(40-22-10-11-23-41(40)46(43)53-44)38-21-12-20-37(30-38)32-26-28-36(29-27-32)49-51-47(34-16-6-2-7-17-34)50-48(52-49)35-18-8-3-9-19-35/h1-31H. The molecule has 4 heteroatoms. The molecule has 8 aromatic carbocycles. The summed E-state index contributed by atoms with van der Waals surface area (Å²) < 4.78 is 6.61. The van der Waals surface area contributed by atoms with Crippen LogP contribution in [0, 0.1) is 0 Å². The van der Waals surface area contributed by atoms with Crippen LogP contribution in [0.5, 0.6) is 0 Å². The topological polar surface area (TPSA) is 51.8 Å². The van der Waals surface area contributed by atoms with Crippen molar-refractivity contribution in [2.75, 3.05) is 0 Å². The van der Waals surface area contributed by atoms with Crippen molar-refractivity contribution in [1.29, 1.82) is 0 Å². The highest BCUT2D eigenvalue weighted by Crippen LogP contribution is 2.43. The minimum absolute atomic E-state index is 0.639. The number of fused-ring (bicyclic) bond motifs is 5. The van der Waals surface area contributed by atoms with Crippen molar-refractivity contribution in [2.45, 2.75) is 0 Å². The number of hydrogen-bond acceptors (Lipinski definition) is 4. The zero-order valence-corrected chi connectivity index (χ0v) is 28.6. The van der Waals surface area contributed by atoms with Crippen molar-refractivity contribution in [1.82, 2.24) is 15.0 Å². The maximum atomic E-state index is 6.61. The van der Waals surface area contributed by atoms with E-state index >= 15 is 0 Å². The molecular formula is C49H31N3O. The summed E-state index contributed by atoms with van der Waals surface area (Å²) in [5.41, 5.74) is 11.5. The van der Waals surface area contributed by atoms with E-state index in [2.05, 4.69) is 127 Å². The summed E-state index contributed by atoms with van der Waals surface area (Å²) in [5, 5.41) is 4.51. The van der Waals surface area contributed by atoms with Gasteiger partial charge in [0, 0.05) is 32.8 Å². The summed E-state index contributed by atoms with van der Waals surface area (Å²) in [4.78, 5) is 14.7. The van der Waals surface area contributed by atoms with Crippen LogP contribution in [-0.2, 0) is 0 Å². The van der Waals surface area contributed by atoms with E-state index < -0.39 is 0 Å². The molecule has 2 aromatic heterocycles. The molecule has 0 radical (unpaired) electrons. The second-order valence-corrected chi connectivity index (χ2v) is 13.2. The van der Waals surface area contributed by atoms with Gasteiger partial charge >= 0.3 is 0 Å². The van der Waals surface area contributed by atoms with Crippen LogP contribution in [0.1, 0.15) is 0 Å². The zero-order valence-electron chi connectivity index (χ0n) is 28.6. The Labute approximate surface area is 306 Å². The van der Waals surface area contributed by atoms with Crippen molar-refractivity contribution in [2.24, 2.45) is 0 Å². The maximum absolute atomic E-state index is 6.61. The second-order valence-electron chi connectivity index (χ2n) is 13.2. The Kier molecular flexibility index (Phi) is 7.43. The molecular weight excluding hydrogens is 647 g/mol. The Balaban J connectivity index is 1.07. The summed E-state index contributed by atoms with van der Waals surface area (Å²) >= 11 is 0. The number of furan rings is 1. The van der Waals surface area contributed by atoms with Crippen LogP contribution in [0.2, 0.25) is 0 Å². The lowest BCUT2D eigenvalue weighted by Crippen LogP contribution is -2.00. The fourth-order valence-electron chi connectivity index (χ4n) is 7.36. The normalized spacial score (nSPS) is 11.4. The van der Waals surface area contributed by atoms with Crippen molar-refractivity contribution < 1.29 is 4.42 Å². The van der Waals surface area contributed by atoms with Crippen molar-refractivity contribution >= 4 is 32.7 Å². The van der Waals surface area contributed by atoms with E-state index in [9.17, 15) is 0 Å². The minimum atomic E-state index is 0.639. The van der Waals surface area contributed by atoms with Crippen molar-refractivity contribution in [3.8, 4) is 67.5 Å². The fraction of sp³-hybridized carbons (Fsp3) is 0. The lowest BCUT2D eigenvalue weighted by molar-refractivity contribution is 0.673. The van der Waals surface area contributed by atoms with Crippen LogP contribution in [0.4, 0.5) is 0 Å². The first-order valence-electron chi connectivity index (χ1n) is 17.8. The molecule has 0 aliphatic rings. The molecule has 0 aliphatic carbocycles. The van der Waals surface area contributed by atoms with E-state index in [-0.39, 0.29) is 0 Å². The third-order valence-corrected chi connectivity index (χ3v) is 9.94. The van der Waals surface area contributed by atoms with Gasteiger partial charge in [0.15, 0.2) is 17.5 Å². The monoisotopic (exact) mass is 677 g/mol. The van der Waals surface area contributed by atoms with Crippen LogP contribution in [0.15, 0.2) is 192 Å². The molecule has 0 bridgehead atoms. The summed E-state index contributed by atoms with van der Waals surface area (Å²) in [7, 11) is 0. The average molecular weight is 678 g/mol. The van der Waals surface area contributed by atoms with E-state index in [1.54, 1.807) is 0 Å². The molecule has 4 nitrogen and oxygen atoms in total. The van der Waals surface area contributed by atoms with E-state index in [4.69, 9.17) is 19.4 Å². The molecule has 248 valence electrons. The van der Waals surface area contributed by atoms with E-state index in [0.29, 0.717) is 17.5 Å². The Morgan fingerprint density at radius 1 is 0.302 bits per heavy atom. The molecule has 0 fully saturated rings. The predicted octanol–water partition coefficient (Wildman–Crippen LogP) is 12.9. The maximum Gasteiger partial charge on any atom is 0.164 e. The molecule has 0 unspecified atom stereocenters. The third kappa shape index (κ3) is 5.54. The number of aromatic nitrogens is 3. The SMILES string of the molecule is c1ccc(-c2nc(-c3ccccc3)nc(-c3ccc(-c4cccc(-c5cc6c(oc7cccc(-c8ccccc8)c76)c6ccccc56)c4)cc3)n2)cc1. The van der Waals surface area contributed by atoms with Crippen LogP contribution >= 0.6 is 0 Å². The Morgan fingerprint density at radius 2 is 0.792 bits per heavy atom. The molecule has 0 saturated carbocycles. The van der Waals surface area contributed by atoms with E-state index in [1.165, 1.54) is 16.7 Å². The van der Waals surface area contributed by atoms with Gasteiger partial charge in [-0.05, 0) is 57.0 Å². The number of nitrogens with zero attached hydrogens (tertiary/aromatic N) is 3. The Hall–Kier alpha value is -7.17. The Bertz CT molecular complexity index is 2860. The fourth-order valence-corrected chi connectivity index (χ4v) is 7.36. The predicted molar refractivity (Wildman–Crippen MR) is 217 cm³/mol. The van der Waals surface area contributed by atoms with Crippen LogP contribution < -0.4 is 0 Å². The first kappa shape index (κ1) is 30.6. The Morgan fingerprint density at radius 3 is 1.43 bits per heavy atom. The molecule has 0 aliphatic heterocycles. The van der Waals surface area contributed by atoms with Crippen LogP contribution in [0.25, 0.3) is 100 Å². The lowest BCUT2D eigenvalue weighted by atomic mass is 9.92. The van der Waals surface area contributed by atoms with Gasteiger partial charge in [-0.2, -0.15) is 0 Å². The van der Waals surface area contributed by atoms with E-state index in [0.717, 1.165) is 66.1 Å². The van der Waals surface area contributed by atoms with Crippen molar-refractivity contribution in [3.05, 3.63) is 188 Å². The quantitative estimate of drug-likeness (QED) is 0.176. The molecule has 53 heavy (non-hydrogen) atoms. The summed E-state index contributed by atoms with van der Waals surface area (Å²) in [6.07, 6.45) is 0. The largest absolute Gasteiger partial charge is 0.455 e.